The average Bonchev–Trinajstić information content (AvgIpc) is 2.98. The molecule has 0 aliphatic carbocycles. The van der Waals surface area contributed by atoms with Crippen LogP contribution < -0.4 is 10.6 Å². The molecule has 0 spiro atoms. The van der Waals surface area contributed by atoms with Crippen molar-refractivity contribution in [3.8, 4) is 0 Å². The van der Waals surface area contributed by atoms with Crippen LogP contribution in [0.1, 0.15) is 40.0 Å². The molecule has 1 fully saturated rings. The minimum atomic E-state index is -0.470. The van der Waals surface area contributed by atoms with E-state index < -0.39 is 5.97 Å². The van der Waals surface area contributed by atoms with Crippen LogP contribution in [-0.2, 0) is 9.53 Å². The SMILES string of the molecule is CNC(=O)C[C@H]1CC[C@@H](CNC(=O)c2cccc(C(=O)OC)c2)N1C. The minimum Gasteiger partial charge on any atom is -0.465 e. The molecule has 1 heterocycles. The highest BCUT2D eigenvalue weighted by atomic mass is 16.5. The molecule has 0 radical (unpaired) electrons. The van der Waals surface area contributed by atoms with E-state index in [1.54, 1.807) is 25.2 Å². The summed E-state index contributed by atoms with van der Waals surface area (Å²) in [6.45, 7) is 0.502. The molecule has 2 rings (SSSR count). The van der Waals surface area contributed by atoms with Crippen molar-refractivity contribution >= 4 is 17.8 Å². The number of ether oxygens (including phenoxy) is 1. The van der Waals surface area contributed by atoms with E-state index in [1.807, 2.05) is 7.05 Å². The Morgan fingerprint density at radius 1 is 1.20 bits per heavy atom. The second-order valence-electron chi connectivity index (χ2n) is 6.21. The Balaban J connectivity index is 1.90. The molecule has 0 saturated carbocycles. The molecule has 7 heteroatoms. The first-order valence-electron chi connectivity index (χ1n) is 8.35. The summed E-state index contributed by atoms with van der Waals surface area (Å²) in [5.41, 5.74) is 0.768. The van der Waals surface area contributed by atoms with Gasteiger partial charge in [0.25, 0.3) is 5.91 Å². The van der Waals surface area contributed by atoms with Crippen molar-refractivity contribution in [3.05, 3.63) is 35.4 Å². The summed E-state index contributed by atoms with van der Waals surface area (Å²) in [5.74, 6) is -0.669. The van der Waals surface area contributed by atoms with Crippen LogP contribution in [-0.4, -0.2) is 62.5 Å². The summed E-state index contributed by atoms with van der Waals surface area (Å²) < 4.78 is 4.67. The number of benzene rings is 1. The van der Waals surface area contributed by atoms with Gasteiger partial charge < -0.3 is 15.4 Å². The van der Waals surface area contributed by atoms with Crippen molar-refractivity contribution in [3.63, 3.8) is 0 Å². The molecule has 1 aliphatic rings. The smallest absolute Gasteiger partial charge is 0.337 e. The number of esters is 1. The van der Waals surface area contributed by atoms with Crippen molar-refractivity contribution in [2.45, 2.75) is 31.3 Å². The second kappa shape index (κ2) is 8.62. The second-order valence-corrected chi connectivity index (χ2v) is 6.21. The van der Waals surface area contributed by atoms with Crippen LogP contribution in [0.2, 0.25) is 0 Å². The van der Waals surface area contributed by atoms with Gasteiger partial charge in [0.05, 0.1) is 12.7 Å². The molecule has 136 valence electrons. The molecule has 1 saturated heterocycles. The molecule has 0 bridgehead atoms. The van der Waals surface area contributed by atoms with Crippen molar-refractivity contribution in [2.75, 3.05) is 27.7 Å². The van der Waals surface area contributed by atoms with Gasteiger partial charge in [-0.2, -0.15) is 0 Å². The standard InChI is InChI=1S/C18H25N3O4/c1-19-16(22)10-14-7-8-15(21(14)2)11-20-17(23)12-5-4-6-13(9-12)18(24)25-3/h4-6,9,14-15H,7-8,10-11H2,1-3H3,(H,19,22)(H,20,23)/t14-,15+/m1/s1. The summed E-state index contributed by atoms with van der Waals surface area (Å²) in [6, 6.07) is 6.84. The van der Waals surface area contributed by atoms with Crippen molar-refractivity contribution < 1.29 is 19.1 Å². The van der Waals surface area contributed by atoms with Crippen LogP contribution in [0.25, 0.3) is 0 Å². The fourth-order valence-electron chi connectivity index (χ4n) is 3.12. The molecule has 0 unspecified atom stereocenters. The maximum absolute atomic E-state index is 12.3. The first kappa shape index (κ1) is 18.9. The van der Waals surface area contributed by atoms with E-state index in [9.17, 15) is 14.4 Å². The highest BCUT2D eigenvalue weighted by Gasteiger charge is 2.31. The van der Waals surface area contributed by atoms with Gasteiger partial charge in [0.1, 0.15) is 0 Å². The molecule has 2 atom stereocenters. The van der Waals surface area contributed by atoms with Crippen molar-refractivity contribution in [1.82, 2.24) is 15.5 Å². The van der Waals surface area contributed by atoms with E-state index >= 15 is 0 Å². The van der Waals surface area contributed by atoms with E-state index in [1.165, 1.54) is 13.2 Å². The highest BCUT2D eigenvalue weighted by Crippen LogP contribution is 2.24. The summed E-state index contributed by atoms with van der Waals surface area (Å²) in [5, 5.41) is 5.56. The molecule has 2 amide bonds. The number of carbonyl (C=O) groups excluding carboxylic acids is 3. The van der Waals surface area contributed by atoms with Gasteiger partial charge in [0, 0.05) is 37.7 Å². The van der Waals surface area contributed by atoms with E-state index in [0.717, 1.165) is 12.8 Å². The summed E-state index contributed by atoms with van der Waals surface area (Å²) in [6.07, 6.45) is 2.33. The first-order chi connectivity index (χ1) is 12.0. The predicted molar refractivity (Wildman–Crippen MR) is 93.4 cm³/mol. The number of methoxy groups -OCH3 is 1. The number of carbonyl (C=O) groups is 3. The van der Waals surface area contributed by atoms with Crippen LogP contribution in [0, 0.1) is 0 Å². The molecular weight excluding hydrogens is 322 g/mol. The van der Waals surface area contributed by atoms with Gasteiger partial charge in [-0.1, -0.05) is 6.07 Å². The third-order valence-corrected chi connectivity index (χ3v) is 4.73. The molecule has 25 heavy (non-hydrogen) atoms. The number of nitrogens with one attached hydrogen (secondary N) is 2. The molecular formula is C18H25N3O4. The zero-order chi connectivity index (χ0) is 18.4. The van der Waals surface area contributed by atoms with Crippen LogP contribution >= 0.6 is 0 Å². The quantitative estimate of drug-likeness (QED) is 0.744. The summed E-state index contributed by atoms with van der Waals surface area (Å²) in [4.78, 5) is 37.6. The van der Waals surface area contributed by atoms with Gasteiger partial charge >= 0.3 is 5.97 Å². The highest BCUT2D eigenvalue weighted by molar-refractivity contribution is 5.97. The molecule has 0 aromatic heterocycles. The number of nitrogens with zero attached hydrogens (tertiary/aromatic N) is 1. The van der Waals surface area contributed by atoms with Gasteiger partial charge in [-0.15, -0.1) is 0 Å². The Morgan fingerprint density at radius 3 is 2.56 bits per heavy atom. The fourth-order valence-corrected chi connectivity index (χ4v) is 3.12. The number of likely N-dealkylation sites (N-methyl/N-ethyl adjacent to an activating group) is 1. The lowest BCUT2D eigenvalue weighted by atomic mass is 10.1. The number of amides is 2. The van der Waals surface area contributed by atoms with Crippen LogP contribution in [0.4, 0.5) is 0 Å². The van der Waals surface area contributed by atoms with E-state index in [-0.39, 0.29) is 23.9 Å². The van der Waals surface area contributed by atoms with E-state index in [0.29, 0.717) is 24.1 Å². The van der Waals surface area contributed by atoms with Crippen molar-refractivity contribution in [1.29, 1.82) is 0 Å². The largest absolute Gasteiger partial charge is 0.465 e. The first-order valence-corrected chi connectivity index (χ1v) is 8.35. The Kier molecular flexibility index (Phi) is 6.52. The Hall–Kier alpha value is -2.41. The third kappa shape index (κ3) is 4.79. The van der Waals surface area contributed by atoms with Gasteiger partial charge in [0.2, 0.25) is 5.91 Å². The normalized spacial score (nSPS) is 20.1. The lowest BCUT2D eigenvalue weighted by Gasteiger charge is -2.25. The van der Waals surface area contributed by atoms with Gasteiger partial charge in [-0.05, 0) is 38.1 Å². The molecule has 1 aliphatic heterocycles. The van der Waals surface area contributed by atoms with E-state index in [2.05, 4.69) is 20.3 Å². The molecule has 1 aromatic rings. The predicted octanol–water partition coefficient (Wildman–Crippen LogP) is 0.802. The summed E-state index contributed by atoms with van der Waals surface area (Å²) in [7, 11) is 4.92. The maximum atomic E-state index is 12.3. The lowest BCUT2D eigenvalue weighted by molar-refractivity contribution is -0.121. The fraction of sp³-hybridized carbons (Fsp3) is 0.500. The Bertz CT molecular complexity index is 647. The molecule has 7 nitrogen and oxygen atoms in total. The Labute approximate surface area is 147 Å². The zero-order valence-corrected chi connectivity index (χ0v) is 14.9. The number of likely N-dealkylation sites (tertiary alicyclic amines) is 1. The van der Waals surface area contributed by atoms with Gasteiger partial charge in [-0.25, -0.2) is 4.79 Å². The molecule has 1 aromatic carbocycles. The van der Waals surface area contributed by atoms with Crippen LogP contribution in [0.15, 0.2) is 24.3 Å². The van der Waals surface area contributed by atoms with Crippen LogP contribution in [0.5, 0.6) is 0 Å². The van der Waals surface area contributed by atoms with Gasteiger partial charge in [-0.3, -0.25) is 14.5 Å². The third-order valence-electron chi connectivity index (χ3n) is 4.73. The summed E-state index contributed by atoms with van der Waals surface area (Å²) >= 11 is 0. The van der Waals surface area contributed by atoms with Crippen molar-refractivity contribution in [2.24, 2.45) is 0 Å². The van der Waals surface area contributed by atoms with Crippen LogP contribution in [0.3, 0.4) is 0 Å². The van der Waals surface area contributed by atoms with E-state index in [4.69, 9.17) is 0 Å². The Morgan fingerprint density at radius 2 is 1.88 bits per heavy atom. The monoisotopic (exact) mass is 347 g/mol. The number of rotatable bonds is 6. The number of hydrogen-bond donors (Lipinski definition) is 2. The maximum Gasteiger partial charge on any atom is 0.337 e. The number of hydrogen-bond acceptors (Lipinski definition) is 5. The zero-order valence-electron chi connectivity index (χ0n) is 14.9. The topological polar surface area (TPSA) is 87.7 Å². The average molecular weight is 347 g/mol. The lowest BCUT2D eigenvalue weighted by Crippen LogP contribution is -2.42. The minimum absolute atomic E-state index is 0.0289. The van der Waals surface area contributed by atoms with Gasteiger partial charge in [0.15, 0.2) is 0 Å². The molecule has 2 N–H and O–H groups in total.